The molecule has 86 valence electrons. The lowest BCUT2D eigenvalue weighted by Crippen LogP contribution is -2.34. The maximum Gasteiger partial charge on any atom is 0.418 e. The average molecular weight is 254 g/mol. The van der Waals surface area contributed by atoms with E-state index in [-0.39, 0.29) is 4.88 Å². The van der Waals surface area contributed by atoms with Crippen LogP contribution in [0.5, 0.6) is 0 Å². The van der Waals surface area contributed by atoms with Gasteiger partial charge in [-0.1, -0.05) is 6.07 Å². The first-order chi connectivity index (χ1) is 6.70. The summed E-state index contributed by atoms with van der Waals surface area (Å²) < 4.78 is 43.3. The van der Waals surface area contributed by atoms with Crippen LogP contribution in [0.3, 0.4) is 0 Å². The zero-order valence-electron chi connectivity index (χ0n) is 8.76. The van der Waals surface area contributed by atoms with Crippen molar-refractivity contribution in [3.05, 3.63) is 22.4 Å². The van der Waals surface area contributed by atoms with Gasteiger partial charge in [-0.25, -0.2) is 0 Å². The first-order valence-electron chi connectivity index (χ1n) is 4.48. The topological polar surface area (TPSA) is 9.23 Å². The molecule has 1 nitrogen and oxygen atoms in total. The predicted octanol–water partition coefficient (Wildman–Crippen LogP) is 4.20. The summed E-state index contributed by atoms with van der Waals surface area (Å²) in [7, 11) is -2.20. The van der Waals surface area contributed by atoms with Crippen LogP contribution >= 0.6 is 11.3 Å². The molecule has 0 aliphatic carbocycles. The highest BCUT2D eigenvalue weighted by atomic mass is 32.1. The molecule has 0 N–H and O–H groups in total. The standard InChI is InChI=1S/C9H13F3OSSi/c1-15(2,3)13-8(9(10,11)12)7-5-4-6-14-7/h4-6,8H,1-3H3. The highest BCUT2D eigenvalue weighted by Gasteiger charge is 2.44. The maximum absolute atomic E-state index is 12.7. The van der Waals surface area contributed by atoms with Gasteiger partial charge in [0.05, 0.1) is 0 Å². The van der Waals surface area contributed by atoms with Crippen molar-refractivity contribution in [2.75, 3.05) is 0 Å². The predicted molar refractivity (Wildman–Crippen MR) is 57.5 cm³/mol. The van der Waals surface area contributed by atoms with Gasteiger partial charge < -0.3 is 4.43 Å². The Morgan fingerprint density at radius 3 is 2.27 bits per heavy atom. The lowest BCUT2D eigenvalue weighted by atomic mass is 10.3. The molecule has 0 amide bonds. The third-order valence-electron chi connectivity index (χ3n) is 1.57. The lowest BCUT2D eigenvalue weighted by molar-refractivity contribution is -0.199. The second-order valence-corrected chi connectivity index (χ2v) is 9.61. The van der Waals surface area contributed by atoms with E-state index in [1.807, 2.05) is 0 Å². The lowest BCUT2D eigenvalue weighted by Gasteiger charge is -2.27. The number of hydrogen-bond donors (Lipinski definition) is 0. The molecule has 1 aromatic rings. The summed E-state index contributed by atoms with van der Waals surface area (Å²) in [5.41, 5.74) is 0. The van der Waals surface area contributed by atoms with Crippen LogP contribution in [0.2, 0.25) is 19.6 Å². The van der Waals surface area contributed by atoms with Crippen LogP contribution in [0, 0.1) is 0 Å². The molecule has 0 saturated carbocycles. The van der Waals surface area contributed by atoms with Gasteiger partial charge in [0.15, 0.2) is 14.4 Å². The molecule has 6 heteroatoms. The maximum atomic E-state index is 12.7. The fourth-order valence-electron chi connectivity index (χ4n) is 1.08. The van der Waals surface area contributed by atoms with Gasteiger partial charge in [-0.3, -0.25) is 0 Å². The molecule has 0 bridgehead atoms. The van der Waals surface area contributed by atoms with Crippen molar-refractivity contribution < 1.29 is 17.6 Å². The Morgan fingerprint density at radius 2 is 1.93 bits per heavy atom. The first kappa shape index (κ1) is 12.7. The SMILES string of the molecule is C[Si](C)(C)OC(c1cccs1)C(F)(F)F. The van der Waals surface area contributed by atoms with Crippen molar-refractivity contribution in [2.45, 2.75) is 31.9 Å². The zero-order chi connectivity index (χ0) is 11.7. The Balaban J connectivity index is 2.90. The summed E-state index contributed by atoms with van der Waals surface area (Å²) in [5, 5.41) is 1.63. The molecule has 0 radical (unpaired) electrons. The van der Waals surface area contributed by atoms with E-state index in [0.717, 1.165) is 11.3 Å². The second-order valence-electron chi connectivity index (χ2n) is 4.17. The molecule has 1 heterocycles. The van der Waals surface area contributed by atoms with E-state index in [1.165, 1.54) is 6.07 Å². The Hall–Kier alpha value is -0.333. The van der Waals surface area contributed by atoms with Crippen LogP contribution in [0.15, 0.2) is 17.5 Å². The van der Waals surface area contributed by atoms with Gasteiger partial charge in [0.2, 0.25) is 0 Å². The molecule has 0 aromatic carbocycles. The van der Waals surface area contributed by atoms with Gasteiger partial charge >= 0.3 is 6.18 Å². The van der Waals surface area contributed by atoms with Crippen LogP contribution < -0.4 is 0 Å². The minimum atomic E-state index is -4.33. The first-order valence-corrected chi connectivity index (χ1v) is 8.77. The Labute approximate surface area is 92.0 Å². The van der Waals surface area contributed by atoms with E-state index in [4.69, 9.17) is 4.43 Å². The molecule has 1 unspecified atom stereocenters. The van der Waals surface area contributed by atoms with E-state index < -0.39 is 20.6 Å². The van der Waals surface area contributed by atoms with Crippen molar-refractivity contribution in [2.24, 2.45) is 0 Å². The highest BCUT2D eigenvalue weighted by molar-refractivity contribution is 7.10. The molecule has 0 spiro atoms. The van der Waals surface area contributed by atoms with E-state index in [0.29, 0.717) is 0 Å². The van der Waals surface area contributed by atoms with Gasteiger partial charge in [0.1, 0.15) is 0 Å². The van der Waals surface area contributed by atoms with Crippen LogP contribution in [-0.4, -0.2) is 14.5 Å². The van der Waals surface area contributed by atoms with Crippen molar-refractivity contribution >= 4 is 19.7 Å². The monoisotopic (exact) mass is 254 g/mol. The molecule has 1 rings (SSSR count). The summed E-state index contributed by atoms with van der Waals surface area (Å²) >= 11 is 1.08. The van der Waals surface area contributed by atoms with Gasteiger partial charge in [-0.05, 0) is 31.1 Å². The molecule has 0 aliphatic heterocycles. The van der Waals surface area contributed by atoms with Gasteiger partial charge in [-0.2, -0.15) is 13.2 Å². The number of alkyl halides is 3. The summed E-state index contributed by atoms with van der Waals surface area (Å²) in [6.45, 7) is 5.25. The minimum absolute atomic E-state index is 0.227. The summed E-state index contributed by atoms with van der Waals surface area (Å²) in [5.74, 6) is 0. The fraction of sp³-hybridized carbons (Fsp3) is 0.556. The van der Waals surface area contributed by atoms with E-state index in [9.17, 15) is 13.2 Å². The second kappa shape index (κ2) is 4.27. The van der Waals surface area contributed by atoms with Crippen molar-refractivity contribution in [1.29, 1.82) is 0 Å². The number of halogens is 3. The molecule has 0 aliphatic rings. The minimum Gasteiger partial charge on any atom is -0.402 e. The number of thiophene rings is 1. The molecule has 0 fully saturated rings. The van der Waals surface area contributed by atoms with Crippen LogP contribution in [-0.2, 0) is 4.43 Å². The van der Waals surface area contributed by atoms with Crippen molar-refractivity contribution in [3.63, 3.8) is 0 Å². The van der Waals surface area contributed by atoms with Gasteiger partial charge in [-0.15, -0.1) is 11.3 Å². The summed E-state index contributed by atoms with van der Waals surface area (Å²) in [6.07, 6.45) is -6.09. The van der Waals surface area contributed by atoms with E-state index in [2.05, 4.69) is 0 Å². The Bertz CT molecular complexity index is 302. The zero-order valence-corrected chi connectivity index (χ0v) is 10.6. The molecular weight excluding hydrogens is 241 g/mol. The third-order valence-corrected chi connectivity index (χ3v) is 3.43. The molecular formula is C9H13F3OSSi. The summed E-state index contributed by atoms with van der Waals surface area (Å²) in [4.78, 5) is 0.227. The molecule has 1 atom stereocenters. The Morgan fingerprint density at radius 1 is 1.33 bits per heavy atom. The smallest absolute Gasteiger partial charge is 0.402 e. The Kier molecular flexibility index (Phi) is 3.62. The van der Waals surface area contributed by atoms with Crippen LogP contribution in [0.1, 0.15) is 11.0 Å². The summed E-state index contributed by atoms with van der Waals surface area (Å²) in [6, 6.07) is 3.06. The third kappa shape index (κ3) is 3.96. The van der Waals surface area contributed by atoms with Crippen LogP contribution in [0.4, 0.5) is 13.2 Å². The quantitative estimate of drug-likeness (QED) is 0.734. The van der Waals surface area contributed by atoms with Crippen LogP contribution in [0.25, 0.3) is 0 Å². The largest absolute Gasteiger partial charge is 0.418 e. The fourth-order valence-corrected chi connectivity index (χ4v) is 2.91. The number of rotatable bonds is 3. The number of hydrogen-bond acceptors (Lipinski definition) is 2. The van der Waals surface area contributed by atoms with Crippen molar-refractivity contribution in [3.8, 4) is 0 Å². The molecule has 1 aromatic heterocycles. The molecule has 15 heavy (non-hydrogen) atoms. The average Bonchev–Trinajstić information content (AvgIpc) is 2.47. The molecule has 0 saturated heterocycles. The van der Waals surface area contributed by atoms with Gasteiger partial charge in [0.25, 0.3) is 0 Å². The van der Waals surface area contributed by atoms with E-state index in [1.54, 1.807) is 31.1 Å². The van der Waals surface area contributed by atoms with E-state index >= 15 is 0 Å². The van der Waals surface area contributed by atoms with Crippen molar-refractivity contribution in [1.82, 2.24) is 0 Å². The normalized spacial score (nSPS) is 15.3. The van der Waals surface area contributed by atoms with Gasteiger partial charge in [0, 0.05) is 4.88 Å². The highest BCUT2D eigenvalue weighted by Crippen LogP contribution is 2.39.